The third-order valence-electron chi connectivity index (χ3n) is 2.48. The number of hydrogen-bond acceptors (Lipinski definition) is 2. The first-order valence-electron chi connectivity index (χ1n) is 5.44. The van der Waals surface area contributed by atoms with E-state index in [2.05, 4.69) is 29.2 Å². The molecule has 2 rings (SSSR count). The lowest BCUT2D eigenvalue weighted by atomic mass is 10.2. The van der Waals surface area contributed by atoms with Gasteiger partial charge in [0.25, 0.3) is 0 Å². The second kappa shape index (κ2) is 4.81. The lowest BCUT2D eigenvalue weighted by molar-refractivity contribution is 0.752. The molecule has 2 aromatic carbocycles. The summed E-state index contributed by atoms with van der Waals surface area (Å²) in [5.41, 5.74) is 8.26. The molecule has 2 nitrogen and oxygen atoms in total. The Kier molecular flexibility index (Phi) is 3.22. The molecule has 0 aliphatic heterocycles. The summed E-state index contributed by atoms with van der Waals surface area (Å²) in [4.78, 5) is 2.11. The molecule has 0 aliphatic rings. The Bertz CT molecular complexity index is 384. The lowest BCUT2D eigenvalue weighted by Gasteiger charge is -2.28. The third-order valence-corrected chi connectivity index (χ3v) is 2.48. The van der Waals surface area contributed by atoms with Gasteiger partial charge in [-0.2, -0.15) is 0 Å². The number of benzene rings is 2. The van der Waals surface area contributed by atoms with E-state index in [9.17, 15) is 0 Å². The first-order valence-corrected chi connectivity index (χ1v) is 5.44. The average Bonchev–Trinajstić information content (AvgIpc) is 2.31. The molecule has 1 atom stereocenters. The summed E-state index contributed by atoms with van der Waals surface area (Å²) in [6.45, 7) is 1.99. The lowest BCUT2D eigenvalue weighted by Crippen LogP contribution is -2.35. The third kappa shape index (κ3) is 2.23. The van der Waals surface area contributed by atoms with Crippen LogP contribution in [0.4, 0.5) is 11.4 Å². The van der Waals surface area contributed by atoms with E-state index < -0.39 is 0 Å². The highest BCUT2D eigenvalue weighted by molar-refractivity contribution is 5.63. The van der Waals surface area contributed by atoms with Crippen molar-refractivity contribution in [3.63, 3.8) is 0 Å². The van der Waals surface area contributed by atoms with E-state index in [1.54, 1.807) is 0 Å². The van der Waals surface area contributed by atoms with Crippen molar-refractivity contribution in [2.75, 3.05) is 4.90 Å². The van der Waals surface area contributed by atoms with Crippen LogP contribution < -0.4 is 10.6 Å². The van der Waals surface area contributed by atoms with Crippen LogP contribution in [0, 0.1) is 0 Å². The van der Waals surface area contributed by atoms with Crippen LogP contribution in [0.2, 0.25) is 0 Å². The Morgan fingerprint density at radius 1 is 0.812 bits per heavy atom. The second-order valence-corrected chi connectivity index (χ2v) is 3.78. The van der Waals surface area contributed by atoms with Crippen molar-refractivity contribution in [3.05, 3.63) is 60.7 Å². The summed E-state index contributed by atoms with van der Waals surface area (Å²) in [7, 11) is 0. The van der Waals surface area contributed by atoms with Crippen molar-refractivity contribution in [2.24, 2.45) is 5.73 Å². The summed E-state index contributed by atoms with van der Waals surface area (Å²) < 4.78 is 0. The maximum Gasteiger partial charge on any atom is 0.0791 e. The Morgan fingerprint density at radius 2 is 1.19 bits per heavy atom. The van der Waals surface area contributed by atoms with Crippen LogP contribution in [0.15, 0.2) is 60.7 Å². The normalized spacial score (nSPS) is 12.1. The standard InChI is InChI=1S/C14H16N2/c1-12(15)16(13-8-4-2-5-9-13)14-10-6-3-7-11-14/h2-12H,15H2,1H3. The van der Waals surface area contributed by atoms with Crippen LogP contribution in [0.3, 0.4) is 0 Å². The van der Waals surface area contributed by atoms with Gasteiger partial charge in [-0.05, 0) is 31.2 Å². The molecule has 16 heavy (non-hydrogen) atoms. The quantitative estimate of drug-likeness (QED) is 0.792. The maximum atomic E-state index is 6.03. The minimum absolute atomic E-state index is 0.0511. The number of rotatable bonds is 3. The number of anilines is 2. The predicted molar refractivity (Wildman–Crippen MR) is 68.7 cm³/mol. The first-order chi connectivity index (χ1) is 7.79. The minimum Gasteiger partial charge on any atom is -0.326 e. The van der Waals surface area contributed by atoms with Gasteiger partial charge in [0.1, 0.15) is 0 Å². The summed E-state index contributed by atoms with van der Waals surface area (Å²) in [5.74, 6) is 0. The van der Waals surface area contributed by atoms with Crippen LogP contribution in [0.1, 0.15) is 6.92 Å². The van der Waals surface area contributed by atoms with Crippen molar-refractivity contribution >= 4 is 11.4 Å². The summed E-state index contributed by atoms with van der Waals surface area (Å²) >= 11 is 0. The van der Waals surface area contributed by atoms with Gasteiger partial charge in [0.05, 0.1) is 6.17 Å². The fourth-order valence-corrected chi connectivity index (χ4v) is 1.80. The molecular formula is C14H16N2. The molecule has 0 aliphatic carbocycles. The Labute approximate surface area is 96.3 Å². The van der Waals surface area contributed by atoms with E-state index in [-0.39, 0.29) is 6.17 Å². The summed E-state index contributed by atoms with van der Waals surface area (Å²) in [6.07, 6.45) is -0.0511. The van der Waals surface area contributed by atoms with Gasteiger partial charge in [-0.15, -0.1) is 0 Å². The molecular weight excluding hydrogens is 196 g/mol. The SMILES string of the molecule is CC(N)N(c1ccccc1)c1ccccc1. The molecule has 0 radical (unpaired) electrons. The van der Waals surface area contributed by atoms with Gasteiger partial charge in [-0.25, -0.2) is 0 Å². The van der Waals surface area contributed by atoms with Crippen LogP contribution >= 0.6 is 0 Å². The Balaban J connectivity index is 2.40. The topological polar surface area (TPSA) is 29.3 Å². The first kappa shape index (κ1) is 10.7. The number of nitrogens with two attached hydrogens (primary N) is 1. The van der Waals surface area contributed by atoms with E-state index in [0.29, 0.717) is 0 Å². The molecule has 0 saturated carbocycles. The van der Waals surface area contributed by atoms with Crippen LogP contribution in [-0.2, 0) is 0 Å². The Morgan fingerprint density at radius 3 is 1.50 bits per heavy atom. The largest absolute Gasteiger partial charge is 0.326 e. The minimum atomic E-state index is -0.0511. The summed E-state index contributed by atoms with van der Waals surface area (Å²) in [6, 6.07) is 20.4. The molecule has 1 unspecified atom stereocenters. The van der Waals surface area contributed by atoms with Gasteiger partial charge in [-0.3, -0.25) is 0 Å². The van der Waals surface area contributed by atoms with E-state index in [1.165, 1.54) is 0 Å². The average molecular weight is 212 g/mol. The van der Waals surface area contributed by atoms with Gasteiger partial charge in [-0.1, -0.05) is 36.4 Å². The van der Waals surface area contributed by atoms with Crippen LogP contribution in [-0.4, -0.2) is 6.17 Å². The highest BCUT2D eigenvalue weighted by Gasteiger charge is 2.11. The molecule has 0 amide bonds. The fourth-order valence-electron chi connectivity index (χ4n) is 1.80. The highest BCUT2D eigenvalue weighted by atomic mass is 15.2. The second-order valence-electron chi connectivity index (χ2n) is 3.78. The molecule has 0 heterocycles. The molecule has 82 valence electrons. The molecule has 2 heteroatoms. The summed E-state index contributed by atoms with van der Waals surface area (Å²) in [5, 5.41) is 0. The van der Waals surface area contributed by atoms with Gasteiger partial charge >= 0.3 is 0 Å². The van der Waals surface area contributed by atoms with Gasteiger partial charge in [0.2, 0.25) is 0 Å². The number of hydrogen-bond donors (Lipinski definition) is 1. The molecule has 0 aromatic heterocycles. The van der Waals surface area contributed by atoms with E-state index >= 15 is 0 Å². The number of nitrogens with zero attached hydrogens (tertiary/aromatic N) is 1. The zero-order valence-electron chi connectivity index (χ0n) is 9.38. The molecule has 0 saturated heterocycles. The molecule has 0 fully saturated rings. The maximum absolute atomic E-state index is 6.03. The predicted octanol–water partition coefficient (Wildman–Crippen LogP) is 3.13. The van der Waals surface area contributed by atoms with Crippen molar-refractivity contribution in [1.29, 1.82) is 0 Å². The fraction of sp³-hybridized carbons (Fsp3) is 0.143. The van der Waals surface area contributed by atoms with E-state index in [4.69, 9.17) is 5.73 Å². The Hall–Kier alpha value is -1.80. The molecule has 2 aromatic rings. The smallest absolute Gasteiger partial charge is 0.0791 e. The van der Waals surface area contributed by atoms with Gasteiger partial charge in [0.15, 0.2) is 0 Å². The molecule has 2 N–H and O–H groups in total. The van der Waals surface area contributed by atoms with Crippen molar-refractivity contribution in [3.8, 4) is 0 Å². The van der Waals surface area contributed by atoms with Crippen molar-refractivity contribution < 1.29 is 0 Å². The monoisotopic (exact) mass is 212 g/mol. The molecule has 0 bridgehead atoms. The van der Waals surface area contributed by atoms with Gasteiger partial charge < -0.3 is 10.6 Å². The molecule has 0 spiro atoms. The van der Waals surface area contributed by atoms with Crippen molar-refractivity contribution in [2.45, 2.75) is 13.1 Å². The van der Waals surface area contributed by atoms with Crippen LogP contribution in [0.25, 0.3) is 0 Å². The van der Waals surface area contributed by atoms with Crippen molar-refractivity contribution in [1.82, 2.24) is 0 Å². The highest BCUT2D eigenvalue weighted by Crippen LogP contribution is 2.25. The van der Waals surface area contributed by atoms with E-state index in [0.717, 1.165) is 11.4 Å². The van der Waals surface area contributed by atoms with E-state index in [1.807, 2.05) is 43.3 Å². The van der Waals surface area contributed by atoms with Gasteiger partial charge in [0, 0.05) is 11.4 Å². The number of para-hydroxylation sites is 2. The zero-order chi connectivity index (χ0) is 11.4. The zero-order valence-corrected chi connectivity index (χ0v) is 9.38. The van der Waals surface area contributed by atoms with Crippen LogP contribution in [0.5, 0.6) is 0 Å².